The summed E-state index contributed by atoms with van der Waals surface area (Å²) in [7, 11) is 1.68. The fourth-order valence-electron chi connectivity index (χ4n) is 4.97. The van der Waals surface area contributed by atoms with E-state index in [2.05, 4.69) is 60.5 Å². The third-order valence-corrected chi connectivity index (χ3v) is 7.26. The zero-order chi connectivity index (χ0) is 29.3. The van der Waals surface area contributed by atoms with Gasteiger partial charge in [-0.2, -0.15) is 0 Å². The van der Waals surface area contributed by atoms with Gasteiger partial charge in [-0.25, -0.2) is 0 Å². The number of methoxy groups -OCH3 is 1. The van der Waals surface area contributed by atoms with Crippen LogP contribution in [0.1, 0.15) is 74.1 Å². The van der Waals surface area contributed by atoms with Crippen LogP contribution in [0.4, 0.5) is 0 Å². The lowest BCUT2D eigenvalue weighted by molar-refractivity contribution is -0.122. The number of hydrogen-bond acceptors (Lipinski definition) is 5. The predicted molar refractivity (Wildman–Crippen MR) is 165 cm³/mol. The molecular formula is C34H48N2O5. The first-order chi connectivity index (χ1) is 20.0. The average Bonchev–Trinajstić information content (AvgIpc) is 3.25. The van der Waals surface area contributed by atoms with E-state index in [-0.39, 0.29) is 11.8 Å². The van der Waals surface area contributed by atoms with Crippen LogP contribution in [0, 0.1) is 0 Å². The van der Waals surface area contributed by atoms with Crippen molar-refractivity contribution in [2.75, 3.05) is 53.2 Å². The highest BCUT2D eigenvalue weighted by Crippen LogP contribution is 2.44. The van der Waals surface area contributed by atoms with Gasteiger partial charge >= 0.3 is 0 Å². The molecule has 0 heterocycles. The summed E-state index contributed by atoms with van der Waals surface area (Å²) >= 11 is 0. The highest BCUT2D eigenvalue weighted by molar-refractivity contribution is 6.00. The Morgan fingerprint density at radius 1 is 0.683 bits per heavy atom. The van der Waals surface area contributed by atoms with Gasteiger partial charge in [0.25, 0.3) is 0 Å². The smallest absolute Gasteiger partial charge is 0.220 e. The number of ether oxygens (including phenoxy) is 3. The third-order valence-electron chi connectivity index (χ3n) is 7.26. The molecular weight excluding hydrogens is 516 g/mol. The first kappa shape index (κ1) is 32.5. The lowest BCUT2D eigenvalue weighted by Gasteiger charge is -2.08. The molecule has 0 bridgehead atoms. The largest absolute Gasteiger partial charge is 0.385 e. The lowest BCUT2D eigenvalue weighted by Crippen LogP contribution is -2.27. The molecule has 0 saturated carbocycles. The fraction of sp³-hybridized carbons (Fsp3) is 0.529. The Kier molecular flexibility index (Phi) is 14.6. The molecule has 2 amide bonds. The quantitative estimate of drug-likeness (QED) is 0.168. The molecule has 0 spiro atoms. The number of carbonyl (C=O) groups is 2. The molecule has 3 rings (SSSR count). The van der Waals surface area contributed by atoms with Gasteiger partial charge in [0.05, 0.1) is 13.2 Å². The van der Waals surface area contributed by atoms with Crippen molar-refractivity contribution in [1.29, 1.82) is 0 Å². The summed E-state index contributed by atoms with van der Waals surface area (Å²) in [6.07, 6.45) is 7.34. The summed E-state index contributed by atoms with van der Waals surface area (Å²) in [6, 6.07) is 13.1. The highest BCUT2D eigenvalue weighted by atomic mass is 16.5. The number of benzene rings is 2. The third kappa shape index (κ3) is 11.1. The first-order valence-electron chi connectivity index (χ1n) is 15.2. The molecule has 224 valence electrons. The van der Waals surface area contributed by atoms with Gasteiger partial charge in [0.1, 0.15) is 0 Å². The number of nitrogens with one attached hydrogen (secondary N) is 2. The van der Waals surface area contributed by atoms with Gasteiger partial charge in [0.2, 0.25) is 11.8 Å². The van der Waals surface area contributed by atoms with Crippen LogP contribution in [0.3, 0.4) is 0 Å². The Morgan fingerprint density at radius 2 is 1.20 bits per heavy atom. The summed E-state index contributed by atoms with van der Waals surface area (Å²) in [4.78, 5) is 24.3. The van der Waals surface area contributed by atoms with Crippen LogP contribution in [0.5, 0.6) is 0 Å². The van der Waals surface area contributed by atoms with Crippen LogP contribution in [-0.4, -0.2) is 65.0 Å². The normalized spacial score (nSPS) is 11.8. The maximum atomic E-state index is 12.2. The molecule has 0 radical (unpaired) electrons. The molecule has 1 aliphatic rings. The van der Waals surface area contributed by atoms with E-state index in [1.807, 2.05) is 0 Å². The molecule has 41 heavy (non-hydrogen) atoms. The van der Waals surface area contributed by atoms with Gasteiger partial charge < -0.3 is 24.8 Å². The van der Waals surface area contributed by atoms with E-state index >= 15 is 0 Å². The Balaban J connectivity index is 1.38. The standard InChI is InChI=1S/C34H48N2O5/c1-4-5-20-40-22-17-35-33(37)11-6-9-27-13-15-29-30-16-14-28(25-32(30)26(2)31(29)24-27)10-7-12-34(38)36-18-23-41-21-8-19-39-3/h13-16,24-25H,2,4-12,17-23H2,1,3H3,(H,35,37)(H,36,38). The monoisotopic (exact) mass is 564 g/mol. The van der Waals surface area contributed by atoms with Crippen molar-refractivity contribution in [3.63, 3.8) is 0 Å². The van der Waals surface area contributed by atoms with Gasteiger partial charge in [-0.15, -0.1) is 0 Å². The number of hydrogen-bond donors (Lipinski definition) is 2. The van der Waals surface area contributed by atoms with E-state index in [0.29, 0.717) is 52.4 Å². The number of rotatable bonds is 21. The number of amides is 2. The molecule has 2 N–H and O–H groups in total. The van der Waals surface area contributed by atoms with Crippen LogP contribution in [0.15, 0.2) is 43.0 Å². The molecule has 7 heteroatoms. The molecule has 0 atom stereocenters. The van der Waals surface area contributed by atoms with Crippen LogP contribution >= 0.6 is 0 Å². The Hall–Kier alpha value is -3.00. The van der Waals surface area contributed by atoms with Crippen molar-refractivity contribution in [3.05, 3.63) is 65.2 Å². The SMILES string of the molecule is C=C1c2cc(CCCC(=O)NCCOCCCC)ccc2-c2ccc(CCCC(=O)NCCOCCCOC)cc21. The van der Waals surface area contributed by atoms with Crippen LogP contribution in [0.2, 0.25) is 0 Å². The second-order valence-electron chi connectivity index (χ2n) is 10.6. The zero-order valence-corrected chi connectivity index (χ0v) is 25.0. The minimum Gasteiger partial charge on any atom is -0.385 e. The van der Waals surface area contributed by atoms with Crippen LogP contribution in [-0.2, 0) is 36.6 Å². The Labute approximate surface area is 246 Å². The van der Waals surface area contributed by atoms with Gasteiger partial charge in [-0.1, -0.05) is 56.3 Å². The van der Waals surface area contributed by atoms with E-state index in [1.54, 1.807) is 7.11 Å². The summed E-state index contributed by atoms with van der Waals surface area (Å²) in [5.74, 6) is 0.139. The van der Waals surface area contributed by atoms with Crippen molar-refractivity contribution < 1.29 is 23.8 Å². The van der Waals surface area contributed by atoms with E-state index < -0.39 is 0 Å². The van der Waals surface area contributed by atoms with Crippen LogP contribution < -0.4 is 10.6 Å². The molecule has 0 fully saturated rings. The average molecular weight is 565 g/mol. The lowest BCUT2D eigenvalue weighted by atomic mass is 9.99. The highest BCUT2D eigenvalue weighted by Gasteiger charge is 2.22. The van der Waals surface area contributed by atoms with Gasteiger partial charge in [-0.05, 0) is 77.5 Å². The van der Waals surface area contributed by atoms with E-state index in [0.717, 1.165) is 57.1 Å². The van der Waals surface area contributed by atoms with Gasteiger partial charge in [0, 0.05) is 52.9 Å². The molecule has 1 aliphatic carbocycles. The molecule has 7 nitrogen and oxygen atoms in total. The van der Waals surface area contributed by atoms with Gasteiger partial charge in [0.15, 0.2) is 0 Å². The number of fused-ring (bicyclic) bond motifs is 3. The van der Waals surface area contributed by atoms with Crippen molar-refractivity contribution in [2.45, 2.75) is 64.7 Å². The van der Waals surface area contributed by atoms with E-state index in [4.69, 9.17) is 14.2 Å². The Morgan fingerprint density at radius 3 is 1.68 bits per heavy atom. The second kappa shape index (κ2) is 18.4. The van der Waals surface area contributed by atoms with Crippen molar-refractivity contribution in [3.8, 4) is 11.1 Å². The minimum absolute atomic E-state index is 0.0601. The molecule has 0 saturated heterocycles. The van der Waals surface area contributed by atoms with E-state index in [9.17, 15) is 9.59 Å². The van der Waals surface area contributed by atoms with E-state index in [1.165, 1.54) is 33.4 Å². The molecule has 2 aromatic carbocycles. The van der Waals surface area contributed by atoms with Crippen molar-refractivity contribution in [2.24, 2.45) is 0 Å². The number of aryl methyl sites for hydroxylation is 2. The van der Waals surface area contributed by atoms with Crippen molar-refractivity contribution >= 4 is 17.4 Å². The second-order valence-corrected chi connectivity index (χ2v) is 10.6. The maximum Gasteiger partial charge on any atom is 0.220 e. The van der Waals surface area contributed by atoms with Gasteiger partial charge in [-0.3, -0.25) is 9.59 Å². The number of unbranched alkanes of at least 4 members (excludes halogenated alkanes) is 1. The van der Waals surface area contributed by atoms with Crippen molar-refractivity contribution in [1.82, 2.24) is 10.6 Å². The fourth-order valence-corrected chi connectivity index (χ4v) is 4.97. The molecule has 0 aromatic heterocycles. The molecule has 0 unspecified atom stereocenters. The predicted octanol–water partition coefficient (Wildman–Crippen LogP) is 5.48. The number of carbonyl (C=O) groups excluding carboxylic acids is 2. The molecule has 2 aromatic rings. The van der Waals surface area contributed by atoms with Crippen LogP contribution in [0.25, 0.3) is 16.7 Å². The zero-order valence-electron chi connectivity index (χ0n) is 25.0. The topological polar surface area (TPSA) is 85.9 Å². The summed E-state index contributed by atoms with van der Waals surface area (Å²) in [5.41, 5.74) is 8.25. The molecule has 0 aliphatic heterocycles. The summed E-state index contributed by atoms with van der Waals surface area (Å²) < 4.78 is 16.0. The minimum atomic E-state index is 0.0601. The first-order valence-corrected chi connectivity index (χ1v) is 15.2. The maximum absolute atomic E-state index is 12.2. The summed E-state index contributed by atoms with van der Waals surface area (Å²) in [6.45, 7) is 10.8. The summed E-state index contributed by atoms with van der Waals surface area (Å²) in [5, 5.41) is 5.87. The Bertz CT molecular complexity index is 1130.